The van der Waals surface area contributed by atoms with Gasteiger partial charge in [0.05, 0.1) is 18.1 Å². The van der Waals surface area contributed by atoms with Gasteiger partial charge in [-0.2, -0.15) is 5.10 Å². The Labute approximate surface area is 210 Å². The van der Waals surface area contributed by atoms with Crippen LogP contribution in [0.1, 0.15) is 46.3 Å². The van der Waals surface area contributed by atoms with Crippen LogP contribution < -0.4 is 10.2 Å². The molecule has 1 aliphatic rings. The summed E-state index contributed by atoms with van der Waals surface area (Å²) >= 11 is 1.62. The highest BCUT2D eigenvalue weighted by Gasteiger charge is 2.32. The molecule has 1 N–H and O–H groups in total. The van der Waals surface area contributed by atoms with Gasteiger partial charge in [-0.25, -0.2) is 5.43 Å². The van der Waals surface area contributed by atoms with Crippen LogP contribution in [0.4, 0.5) is 0 Å². The lowest BCUT2D eigenvalue weighted by Crippen LogP contribution is -2.30. The lowest BCUT2D eigenvalue weighted by atomic mass is 10.1. The van der Waals surface area contributed by atoms with Gasteiger partial charge in [-0.3, -0.25) is 9.59 Å². The van der Waals surface area contributed by atoms with Gasteiger partial charge in [0.2, 0.25) is 5.91 Å². The number of carbonyl (C=O) groups is 2. The first-order chi connectivity index (χ1) is 17.0. The van der Waals surface area contributed by atoms with Crippen molar-refractivity contribution in [2.75, 3.05) is 12.3 Å². The first-order valence-corrected chi connectivity index (χ1v) is 12.7. The van der Waals surface area contributed by atoms with Crippen molar-refractivity contribution in [2.24, 2.45) is 5.10 Å². The summed E-state index contributed by atoms with van der Waals surface area (Å²) in [5.74, 6) is 1.13. The summed E-state index contributed by atoms with van der Waals surface area (Å²) in [6.07, 6.45) is 2.53. The summed E-state index contributed by atoms with van der Waals surface area (Å²) in [5, 5.41) is 4.02. The van der Waals surface area contributed by atoms with Crippen LogP contribution in [-0.2, 0) is 11.2 Å². The fourth-order valence-corrected chi connectivity index (χ4v) is 5.02. The highest BCUT2D eigenvalue weighted by molar-refractivity contribution is 8.00. The molecule has 0 aromatic heterocycles. The maximum atomic E-state index is 12.5. The lowest BCUT2D eigenvalue weighted by molar-refractivity contribution is -0.128. The van der Waals surface area contributed by atoms with Gasteiger partial charge in [0, 0.05) is 12.1 Å². The monoisotopic (exact) mass is 487 g/mol. The van der Waals surface area contributed by atoms with E-state index in [2.05, 4.69) is 22.7 Å². The van der Waals surface area contributed by atoms with Crippen molar-refractivity contribution >= 4 is 29.8 Å². The molecule has 0 saturated carbocycles. The van der Waals surface area contributed by atoms with E-state index in [0.717, 1.165) is 23.3 Å². The Kier molecular flexibility index (Phi) is 8.21. The van der Waals surface area contributed by atoms with Crippen molar-refractivity contribution in [3.63, 3.8) is 0 Å². The Morgan fingerprint density at radius 1 is 1.09 bits per heavy atom. The average Bonchev–Trinajstić information content (AvgIpc) is 3.24. The van der Waals surface area contributed by atoms with E-state index in [1.54, 1.807) is 30.1 Å². The third-order valence-corrected chi connectivity index (χ3v) is 6.80. The van der Waals surface area contributed by atoms with E-state index < -0.39 is 0 Å². The summed E-state index contributed by atoms with van der Waals surface area (Å²) in [6, 6.07) is 25.1. The molecule has 1 heterocycles. The van der Waals surface area contributed by atoms with Crippen LogP contribution >= 0.6 is 11.8 Å². The van der Waals surface area contributed by atoms with Gasteiger partial charge in [-0.1, -0.05) is 42.5 Å². The Hall–Kier alpha value is -3.58. The molecule has 0 unspecified atom stereocenters. The second-order valence-electron chi connectivity index (χ2n) is 8.54. The molecule has 180 valence electrons. The van der Waals surface area contributed by atoms with Crippen molar-refractivity contribution < 1.29 is 14.3 Å². The number of benzene rings is 3. The molecular formula is C28H29N3O3S. The Morgan fingerprint density at radius 2 is 1.80 bits per heavy atom. The minimum absolute atomic E-state index is 0.0380. The van der Waals surface area contributed by atoms with Crippen molar-refractivity contribution in [2.45, 2.75) is 31.7 Å². The number of hydrazone groups is 1. The molecule has 1 saturated heterocycles. The van der Waals surface area contributed by atoms with E-state index in [9.17, 15) is 9.59 Å². The van der Waals surface area contributed by atoms with E-state index in [1.807, 2.05) is 73.3 Å². The predicted molar refractivity (Wildman–Crippen MR) is 141 cm³/mol. The van der Waals surface area contributed by atoms with Crippen LogP contribution in [0.5, 0.6) is 5.75 Å². The van der Waals surface area contributed by atoms with E-state index in [1.165, 1.54) is 5.56 Å². The summed E-state index contributed by atoms with van der Waals surface area (Å²) in [6.45, 7) is 4.62. The van der Waals surface area contributed by atoms with Gasteiger partial charge >= 0.3 is 0 Å². The van der Waals surface area contributed by atoms with Gasteiger partial charge in [0.15, 0.2) is 0 Å². The normalized spacial score (nSPS) is 15.7. The van der Waals surface area contributed by atoms with Crippen molar-refractivity contribution in [3.8, 4) is 5.75 Å². The van der Waals surface area contributed by atoms with Crippen LogP contribution in [0.15, 0.2) is 84.0 Å². The molecule has 3 aromatic carbocycles. The number of amides is 2. The third-order valence-electron chi connectivity index (χ3n) is 5.54. The molecule has 35 heavy (non-hydrogen) atoms. The molecule has 6 nitrogen and oxygen atoms in total. The van der Waals surface area contributed by atoms with Crippen LogP contribution in [0.2, 0.25) is 0 Å². The molecule has 4 rings (SSSR count). The van der Waals surface area contributed by atoms with Gasteiger partial charge in [-0.05, 0) is 73.4 Å². The predicted octanol–water partition coefficient (Wildman–Crippen LogP) is 5.05. The molecule has 1 aliphatic heterocycles. The van der Waals surface area contributed by atoms with Crippen molar-refractivity contribution in [3.05, 3.63) is 101 Å². The zero-order valence-electron chi connectivity index (χ0n) is 19.9. The van der Waals surface area contributed by atoms with Crippen molar-refractivity contribution in [1.82, 2.24) is 10.3 Å². The number of hydrogen-bond acceptors (Lipinski definition) is 5. The highest BCUT2D eigenvalue weighted by atomic mass is 32.2. The van der Waals surface area contributed by atoms with E-state index in [0.29, 0.717) is 17.9 Å². The first kappa shape index (κ1) is 24.5. The Balaban J connectivity index is 1.33. The summed E-state index contributed by atoms with van der Waals surface area (Å²) < 4.78 is 5.63. The molecule has 0 radical (unpaired) electrons. The zero-order chi connectivity index (χ0) is 24.6. The van der Waals surface area contributed by atoms with Crippen LogP contribution in [0.25, 0.3) is 0 Å². The summed E-state index contributed by atoms with van der Waals surface area (Å²) in [7, 11) is 0. The van der Waals surface area contributed by atoms with Crippen LogP contribution in [-0.4, -0.2) is 41.3 Å². The van der Waals surface area contributed by atoms with E-state index in [-0.39, 0.29) is 23.3 Å². The van der Waals surface area contributed by atoms with Gasteiger partial charge in [0.1, 0.15) is 11.1 Å². The van der Waals surface area contributed by atoms with Gasteiger partial charge in [0.25, 0.3) is 5.91 Å². The average molecular weight is 488 g/mol. The van der Waals surface area contributed by atoms with Gasteiger partial charge < -0.3 is 9.64 Å². The standard InChI is InChI=1S/C28H29N3O3S/c1-20(2)34-25-14-8-22(9-15-25)18-29-30-27(33)23-10-12-24(13-11-23)28-31(26(32)19-35-28)17-16-21-6-4-3-5-7-21/h3-15,18,20,28H,16-17,19H2,1-2H3,(H,30,33)/b29-18-/t28-/m1/s1. The molecule has 0 spiro atoms. The largest absolute Gasteiger partial charge is 0.491 e. The molecule has 2 amide bonds. The van der Waals surface area contributed by atoms with Gasteiger partial charge in [-0.15, -0.1) is 11.8 Å². The number of carbonyl (C=O) groups excluding carboxylic acids is 2. The van der Waals surface area contributed by atoms with Crippen molar-refractivity contribution in [1.29, 1.82) is 0 Å². The Bertz CT molecular complexity index is 1160. The van der Waals surface area contributed by atoms with E-state index in [4.69, 9.17) is 4.74 Å². The number of thioether (sulfide) groups is 1. The quantitative estimate of drug-likeness (QED) is 0.339. The number of nitrogens with one attached hydrogen (secondary N) is 1. The Morgan fingerprint density at radius 3 is 2.49 bits per heavy atom. The molecular weight excluding hydrogens is 458 g/mol. The number of hydrogen-bond donors (Lipinski definition) is 1. The molecule has 7 heteroatoms. The fraction of sp³-hybridized carbons (Fsp3) is 0.250. The maximum absolute atomic E-state index is 12.5. The topological polar surface area (TPSA) is 71.0 Å². The second kappa shape index (κ2) is 11.7. The molecule has 0 bridgehead atoms. The first-order valence-electron chi connectivity index (χ1n) is 11.6. The minimum Gasteiger partial charge on any atom is -0.491 e. The SMILES string of the molecule is CC(C)Oc1ccc(/C=N\NC(=O)c2ccc([C@H]3SCC(=O)N3CCc3ccccc3)cc2)cc1. The maximum Gasteiger partial charge on any atom is 0.271 e. The van der Waals surface area contributed by atoms with E-state index >= 15 is 0 Å². The summed E-state index contributed by atoms with van der Waals surface area (Å²) in [5.41, 5.74) is 6.16. The second-order valence-corrected chi connectivity index (χ2v) is 9.61. The zero-order valence-corrected chi connectivity index (χ0v) is 20.7. The smallest absolute Gasteiger partial charge is 0.271 e. The third kappa shape index (κ3) is 6.73. The number of nitrogens with zero attached hydrogens (tertiary/aromatic N) is 2. The fourth-order valence-electron chi connectivity index (χ4n) is 3.80. The molecule has 1 atom stereocenters. The molecule has 1 fully saturated rings. The van der Waals surface area contributed by atoms with Crippen LogP contribution in [0, 0.1) is 0 Å². The number of ether oxygens (including phenoxy) is 1. The summed E-state index contributed by atoms with van der Waals surface area (Å²) in [4.78, 5) is 26.9. The lowest BCUT2D eigenvalue weighted by Gasteiger charge is -2.24. The molecule has 0 aliphatic carbocycles. The van der Waals surface area contributed by atoms with Crippen LogP contribution in [0.3, 0.4) is 0 Å². The molecule has 3 aromatic rings. The number of rotatable bonds is 9. The minimum atomic E-state index is -0.288. The highest BCUT2D eigenvalue weighted by Crippen LogP contribution is 2.38.